The average Bonchev–Trinajstić information content (AvgIpc) is 2.98. The fraction of sp³-hybridized carbons (Fsp3) is 0.625. The quantitative estimate of drug-likeness (QED) is 0.641. The maximum Gasteiger partial charge on any atom is 0.240 e. The SMILES string of the molecule is CCOCCOc1ccc(S(=O)(=O)NC2CCCC2CN)cc1.Cl. The summed E-state index contributed by atoms with van der Waals surface area (Å²) in [5, 5.41) is 0. The predicted molar refractivity (Wildman–Crippen MR) is 96.2 cm³/mol. The van der Waals surface area contributed by atoms with Crippen LogP contribution in [0.5, 0.6) is 5.75 Å². The van der Waals surface area contributed by atoms with Crippen molar-refractivity contribution < 1.29 is 17.9 Å². The van der Waals surface area contributed by atoms with E-state index in [4.69, 9.17) is 15.2 Å². The van der Waals surface area contributed by atoms with Crippen molar-refractivity contribution in [1.29, 1.82) is 0 Å². The molecular formula is C16H27ClN2O4S. The lowest BCUT2D eigenvalue weighted by atomic mass is 10.1. The van der Waals surface area contributed by atoms with Gasteiger partial charge in [0.25, 0.3) is 0 Å². The standard InChI is InChI=1S/C16H26N2O4S.ClH/c1-2-21-10-11-22-14-6-8-15(9-7-14)23(19,20)18-16-5-3-4-13(16)12-17;/h6-9,13,16,18H,2-5,10-12,17H2,1H3;1H. The molecule has 8 heteroatoms. The van der Waals surface area contributed by atoms with Crippen molar-refractivity contribution in [2.45, 2.75) is 37.1 Å². The van der Waals surface area contributed by atoms with E-state index in [2.05, 4.69) is 4.72 Å². The van der Waals surface area contributed by atoms with Crippen LogP contribution in [0.1, 0.15) is 26.2 Å². The van der Waals surface area contributed by atoms with Gasteiger partial charge in [0.05, 0.1) is 11.5 Å². The van der Waals surface area contributed by atoms with Crippen LogP contribution in [0, 0.1) is 5.92 Å². The van der Waals surface area contributed by atoms with E-state index in [1.807, 2.05) is 6.92 Å². The van der Waals surface area contributed by atoms with E-state index >= 15 is 0 Å². The molecule has 0 radical (unpaired) electrons. The number of nitrogens with one attached hydrogen (secondary N) is 1. The Kier molecular flexibility index (Phi) is 9.01. The molecule has 0 bridgehead atoms. The fourth-order valence-corrected chi connectivity index (χ4v) is 4.16. The van der Waals surface area contributed by atoms with Gasteiger partial charge in [-0.2, -0.15) is 0 Å². The van der Waals surface area contributed by atoms with Gasteiger partial charge in [0.2, 0.25) is 10.0 Å². The first-order valence-electron chi connectivity index (χ1n) is 8.10. The summed E-state index contributed by atoms with van der Waals surface area (Å²) in [6.07, 6.45) is 2.84. The van der Waals surface area contributed by atoms with Gasteiger partial charge in [0, 0.05) is 12.6 Å². The number of ether oxygens (including phenoxy) is 2. The molecule has 1 aromatic rings. The minimum absolute atomic E-state index is 0. The van der Waals surface area contributed by atoms with Crippen LogP contribution in [0.3, 0.4) is 0 Å². The van der Waals surface area contributed by atoms with Crippen molar-refractivity contribution in [3.63, 3.8) is 0 Å². The summed E-state index contributed by atoms with van der Waals surface area (Å²) in [6, 6.07) is 6.38. The van der Waals surface area contributed by atoms with Gasteiger partial charge in [0.1, 0.15) is 12.4 Å². The Labute approximate surface area is 150 Å². The summed E-state index contributed by atoms with van der Waals surface area (Å²) < 4.78 is 38.4. The van der Waals surface area contributed by atoms with Crippen molar-refractivity contribution in [2.75, 3.05) is 26.4 Å². The van der Waals surface area contributed by atoms with E-state index in [0.717, 1.165) is 19.3 Å². The molecule has 0 amide bonds. The highest BCUT2D eigenvalue weighted by Crippen LogP contribution is 2.26. The topological polar surface area (TPSA) is 90.6 Å². The third kappa shape index (κ3) is 5.89. The molecule has 24 heavy (non-hydrogen) atoms. The summed E-state index contributed by atoms with van der Waals surface area (Å²) in [4.78, 5) is 0.248. The molecule has 0 heterocycles. The number of halogens is 1. The minimum Gasteiger partial charge on any atom is -0.491 e. The van der Waals surface area contributed by atoms with E-state index in [1.165, 1.54) is 0 Å². The number of nitrogens with two attached hydrogens (primary N) is 1. The summed E-state index contributed by atoms with van der Waals surface area (Å²) in [6.45, 7) is 4.04. The zero-order valence-corrected chi connectivity index (χ0v) is 15.6. The highest BCUT2D eigenvalue weighted by molar-refractivity contribution is 7.89. The molecule has 0 saturated heterocycles. The Balaban J connectivity index is 0.00000288. The first-order chi connectivity index (χ1) is 11.1. The van der Waals surface area contributed by atoms with Gasteiger partial charge in [0.15, 0.2) is 0 Å². The Morgan fingerprint density at radius 3 is 2.54 bits per heavy atom. The van der Waals surface area contributed by atoms with Crippen LogP contribution < -0.4 is 15.2 Å². The van der Waals surface area contributed by atoms with Crippen LogP contribution in [0.2, 0.25) is 0 Å². The lowest BCUT2D eigenvalue weighted by Crippen LogP contribution is -2.39. The van der Waals surface area contributed by atoms with Crippen LogP contribution in [-0.2, 0) is 14.8 Å². The number of hydrogen-bond acceptors (Lipinski definition) is 5. The van der Waals surface area contributed by atoms with E-state index < -0.39 is 10.0 Å². The van der Waals surface area contributed by atoms with Crippen molar-refractivity contribution in [3.8, 4) is 5.75 Å². The Morgan fingerprint density at radius 2 is 1.92 bits per heavy atom. The number of rotatable bonds is 9. The monoisotopic (exact) mass is 378 g/mol. The normalized spacial score (nSPS) is 20.6. The van der Waals surface area contributed by atoms with Crippen molar-refractivity contribution >= 4 is 22.4 Å². The molecule has 2 rings (SSSR count). The third-order valence-electron chi connectivity index (χ3n) is 4.10. The zero-order valence-electron chi connectivity index (χ0n) is 13.9. The maximum absolute atomic E-state index is 12.4. The highest BCUT2D eigenvalue weighted by atomic mass is 35.5. The van der Waals surface area contributed by atoms with Crippen LogP contribution >= 0.6 is 12.4 Å². The van der Waals surface area contributed by atoms with Crippen LogP contribution in [0.25, 0.3) is 0 Å². The van der Waals surface area contributed by atoms with Gasteiger partial charge < -0.3 is 15.2 Å². The smallest absolute Gasteiger partial charge is 0.240 e. The van der Waals surface area contributed by atoms with Crippen LogP contribution in [0.4, 0.5) is 0 Å². The molecule has 0 aromatic heterocycles. The summed E-state index contributed by atoms with van der Waals surface area (Å²) in [5.74, 6) is 0.857. The zero-order chi connectivity index (χ0) is 16.7. The van der Waals surface area contributed by atoms with Gasteiger partial charge in [-0.25, -0.2) is 13.1 Å². The Bertz CT molecular complexity index is 580. The maximum atomic E-state index is 12.4. The van der Waals surface area contributed by atoms with Gasteiger partial charge >= 0.3 is 0 Å². The first-order valence-corrected chi connectivity index (χ1v) is 9.58. The lowest BCUT2D eigenvalue weighted by Gasteiger charge is -2.19. The number of benzene rings is 1. The predicted octanol–water partition coefficient (Wildman–Crippen LogP) is 1.93. The van der Waals surface area contributed by atoms with Crippen molar-refractivity contribution in [3.05, 3.63) is 24.3 Å². The molecule has 1 saturated carbocycles. The van der Waals surface area contributed by atoms with E-state index in [1.54, 1.807) is 24.3 Å². The van der Waals surface area contributed by atoms with Crippen molar-refractivity contribution in [2.24, 2.45) is 11.7 Å². The average molecular weight is 379 g/mol. The molecule has 6 nitrogen and oxygen atoms in total. The molecule has 0 aliphatic heterocycles. The second-order valence-corrected chi connectivity index (χ2v) is 7.39. The second-order valence-electron chi connectivity index (χ2n) is 5.67. The summed E-state index contributed by atoms with van der Waals surface area (Å²) in [7, 11) is -3.52. The summed E-state index contributed by atoms with van der Waals surface area (Å²) in [5.41, 5.74) is 5.71. The van der Waals surface area contributed by atoms with Gasteiger partial charge in [-0.1, -0.05) is 6.42 Å². The van der Waals surface area contributed by atoms with Gasteiger partial charge in [-0.05, 0) is 56.5 Å². The molecule has 3 N–H and O–H groups in total. The molecule has 1 aliphatic carbocycles. The molecule has 2 atom stereocenters. The Hall–Kier alpha value is -0.860. The fourth-order valence-electron chi connectivity index (χ4n) is 2.82. The molecular weight excluding hydrogens is 352 g/mol. The van der Waals surface area contributed by atoms with Gasteiger partial charge in [-0.15, -0.1) is 12.4 Å². The second kappa shape index (κ2) is 10.2. The van der Waals surface area contributed by atoms with Gasteiger partial charge in [-0.3, -0.25) is 0 Å². The lowest BCUT2D eigenvalue weighted by molar-refractivity contribution is 0.110. The van der Waals surface area contributed by atoms with E-state index in [9.17, 15) is 8.42 Å². The number of sulfonamides is 1. The van der Waals surface area contributed by atoms with E-state index in [0.29, 0.717) is 32.1 Å². The largest absolute Gasteiger partial charge is 0.491 e. The van der Waals surface area contributed by atoms with Crippen LogP contribution in [-0.4, -0.2) is 40.8 Å². The minimum atomic E-state index is -3.52. The molecule has 138 valence electrons. The first kappa shape index (κ1) is 21.2. The molecule has 2 unspecified atom stereocenters. The molecule has 0 spiro atoms. The van der Waals surface area contributed by atoms with E-state index in [-0.39, 0.29) is 29.3 Å². The highest BCUT2D eigenvalue weighted by Gasteiger charge is 2.30. The van der Waals surface area contributed by atoms with Crippen LogP contribution in [0.15, 0.2) is 29.2 Å². The summed E-state index contributed by atoms with van der Waals surface area (Å²) >= 11 is 0. The molecule has 1 aliphatic rings. The number of hydrogen-bond donors (Lipinski definition) is 2. The van der Waals surface area contributed by atoms with Crippen molar-refractivity contribution in [1.82, 2.24) is 4.72 Å². The third-order valence-corrected chi connectivity index (χ3v) is 5.61. The Morgan fingerprint density at radius 1 is 1.21 bits per heavy atom. The molecule has 1 fully saturated rings. The molecule has 1 aromatic carbocycles.